The number of nitrogens with zero attached hydrogens (tertiary/aromatic N) is 2. The maximum absolute atomic E-state index is 12.8. The summed E-state index contributed by atoms with van der Waals surface area (Å²) in [6, 6.07) is 7.14. The second-order valence-electron chi connectivity index (χ2n) is 7.58. The third-order valence-electron chi connectivity index (χ3n) is 5.29. The fourth-order valence-electron chi connectivity index (χ4n) is 3.70. The van der Waals surface area contributed by atoms with Crippen molar-refractivity contribution in [3.63, 3.8) is 0 Å². The van der Waals surface area contributed by atoms with Crippen molar-refractivity contribution in [1.82, 2.24) is 15.2 Å². The molecule has 1 fully saturated rings. The maximum Gasteiger partial charge on any atom is 0.244 e. The molecule has 1 aromatic heterocycles. The third kappa shape index (κ3) is 5.49. The summed E-state index contributed by atoms with van der Waals surface area (Å²) in [5.74, 6) is -1.89. The molecule has 0 saturated carbocycles. The van der Waals surface area contributed by atoms with Crippen molar-refractivity contribution in [3.8, 4) is 10.4 Å². The van der Waals surface area contributed by atoms with E-state index in [4.69, 9.17) is 5.73 Å². The van der Waals surface area contributed by atoms with E-state index in [-0.39, 0.29) is 18.4 Å². The molecule has 3 rings (SSSR count). The molecule has 9 heteroatoms. The van der Waals surface area contributed by atoms with Crippen molar-refractivity contribution in [2.24, 2.45) is 5.73 Å². The molecular formula is C22H26N4O4S. The number of hydrogen-bond donors (Lipinski definition) is 3. The van der Waals surface area contributed by atoms with Crippen LogP contribution in [0, 0.1) is 6.92 Å². The van der Waals surface area contributed by atoms with Crippen LogP contribution in [0.15, 0.2) is 41.6 Å². The molecule has 1 aliphatic heterocycles. The average molecular weight is 443 g/mol. The SMILES string of the molecule is Cc1ncsc1-c1ccc([C@H](C)NC(=O)[C@@H]2CCCN2C(=O)C/C(O)=C/C(N)=O)cc1. The zero-order valence-electron chi connectivity index (χ0n) is 17.5. The Morgan fingerprint density at radius 3 is 2.68 bits per heavy atom. The van der Waals surface area contributed by atoms with Crippen LogP contribution in [0.4, 0.5) is 0 Å². The summed E-state index contributed by atoms with van der Waals surface area (Å²) in [7, 11) is 0. The maximum atomic E-state index is 12.8. The number of aliphatic hydroxyl groups excluding tert-OH is 1. The molecule has 164 valence electrons. The molecule has 31 heavy (non-hydrogen) atoms. The van der Waals surface area contributed by atoms with Crippen LogP contribution in [0.25, 0.3) is 10.4 Å². The standard InChI is InChI=1S/C22H26N4O4S/c1-13(15-5-7-16(8-6-15)21-14(2)24-12-31-21)25-22(30)18-4-3-9-26(18)20(29)11-17(27)10-19(23)28/h5-8,10,12-13,18,27H,3-4,9,11H2,1-2H3,(H2,23,28)(H,25,30)/b17-10-/t13-,18-/m0/s1. The first kappa shape index (κ1) is 22.5. The molecule has 2 heterocycles. The highest BCUT2D eigenvalue weighted by molar-refractivity contribution is 7.13. The zero-order valence-corrected chi connectivity index (χ0v) is 18.3. The van der Waals surface area contributed by atoms with Crippen LogP contribution in [0.5, 0.6) is 0 Å². The molecule has 2 atom stereocenters. The minimum Gasteiger partial charge on any atom is -0.512 e. The van der Waals surface area contributed by atoms with Crippen molar-refractivity contribution >= 4 is 29.1 Å². The van der Waals surface area contributed by atoms with Crippen molar-refractivity contribution in [2.45, 2.75) is 45.2 Å². The Kier molecular flexibility index (Phi) is 7.06. The minimum atomic E-state index is -0.827. The highest BCUT2D eigenvalue weighted by Gasteiger charge is 2.34. The number of carbonyl (C=O) groups excluding carboxylic acids is 3. The molecule has 1 aliphatic rings. The van der Waals surface area contributed by atoms with Crippen LogP contribution in [0.1, 0.15) is 43.5 Å². The second kappa shape index (κ2) is 9.74. The summed E-state index contributed by atoms with van der Waals surface area (Å²) in [4.78, 5) is 43.0. The topological polar surface area (TPSA) is 126 Å². The Balaban J connectivity index is 1.62. The first-order valence-corrected chi connectivity index (χ1v) is 10.9. The molecule has 0 aliphatic carbocycles. The van der Waals surface area contributed by atoms with Crippen LogP contribution in [-0.4, -0.2) is 45.3 Å². The van der Waals surface area contributed by atoms with Gasteiger partial charge in [0.2, 0.25) is 17.7 Å². The summed E-state index contributed by atoms with van der Waals surface area (Å²) in [6.07, 6.45) is 1.69. The molecular weight excluding hydrogens is 416 g/mol. The number of aliphatic hydroxyl groups is 1. The number of aromatic nitrogens is 1. The van der Waals surface area contributed by atoms with Gasteiger partial charge in [0.05, 0.1) is 28.5 Å². The van der Waals surface area contributed by atoms with Gasteiger partial charge in [0.1, 0.15) is 11.8 Å². The van der Waals surface area contributed by atoms with E-state index in [9.17, 15) is 19.5 Å². The number of aryl methyl sites for hydroxylation is 1. The van der Waals surface area contributed by atoms with Crippen LogP contribution >= 0.6 is 11.3 Å². The number of benzene rings is 1. The molecule has 4 N–H and O–H groups in total. The van der Waals surface area contributed by atoms with Gasteiger partial charge >= 0.3 is 0 Å². The fraction of sp³-hybridized carbons (Fsp3) is 0.364. The lowest BCUT2D eigenvalue weighted by atomic mass is 10.0. The van der Waals surface area contributed by atoms with Gasteiger partial charge < -0.3 is 21.1 Å². The van der Waals surface area contributed by atoms with Gasteiger partial charge in [0.15, 0.2) is 0 Å². The summed E-state index contributed by atoms with van der Waals surface area (Å²) >= 11 is 1.59. The van der Waals surface area contributed by atoms with Crippen molar-refractivity contribution in [3.05, 3.63) is 52.9 Å². The van der Waals surface area contributed by atoms with E-state index in [2.05, 4.69) is 10.3 Å². The summed E-state index contributed by atoms with van der Waals surface area (Å²) in [5, 5.41) is 12.7. The lowest BCUT2D eigenvalue weighted by molar-refractivity contribution is -0.138. The first-order valence-electron chi connectivity index (χ1n) is 10.1. The number of carbonyl (C=O) groups is 3. The van der Waals surface area contributed by atoms with E-state index in [1.54, 1.807) is 11.3 Å². The van der Waals surface area contributed by atoms with E-state index >= 15 is 0 Å². The van der Waals surface area contributed by atoms with E-state index < -0.39 is 23.6 Å². The summed E-state index contributed by atoms with van der Waals surface area (Å²) in [5.41, 5.74) is 9.83. The van der Waals surface area contributed by atoms with Crippen molar-refractivity contribution < 1.29 is 19.5 Å². The minimum absolute atomic E-state index is 0.232. The van der Waals surface area contributed by atoms with E-state index in [1.165, 1.54) is 4.90 Å². The smallest absolute Gasteiger partial charge is 0.244 e. The van der Waals surface area contributed by atoms with Gasteiger partial charge in [-0.3, -0.25) is 14.4 Å². The molecule has 0 unspecified atom stereocenters. The van der Waals surface area contributed by atoms with Gasteiger partial charge in [-0.05, 0) is 37.8 Å². The molecule has 1 aromatic carbocycles. The third-order valence-corrected chi connectivity index (χ3v) is 6.27. The van der Waals surface area contributed by atoms with Gasteiger partial charge in [0, 0.05) is 12.6 Å². The van der Waals surface area contributed by atoms with Crippen molar-refractivity contribution in [1.29, 1.82) is 0 Å². The Labute approximate surface area is 184 Å². The Hall–Kier alpha value is -3.20. The molecule has 0 radical (unpaired) electrons. The van der Waals surface area contributed by atoms with Crippen LogP contribution in [0.3, 0.4) is 0 Å². The quantitative estimate of drug-likeness (QED) is 0.449. The Morgan fingerprint density at radius 1 is 1.35 bits per heavy atom. The van der Waals surface area contributed by atoms with Crippen LogP contribution in [0.2, 0.25) is 0 Å². The molecule has 2 aromatic rings. The lowest BCUT2D eigenvalue weighted by Crippen LogP contribution is -2.46. The van der Waals surface area contributed by atoms with Crippen LogP contribution < -0.4 is 11.1 Å². The monoisotopic (exact) mass is 442 g/mol. The zero-order chi connectivity index (χ0) is 22.5. The normalized spacial score (nSPS) is 17.4. The number of primary amides is 1. The molecule has 0 spiro atoms. The number of nitrogens with one attached hydrogen (secondary N) is 1. The van der Waals surface area contributed by atoms with E-state index in [0.29, 0.717) is 19.4 Å². The van der Waals surface area contributed by atoms with Crippen LogP contribution in [-0.2, 0) is 14.4 Å². The molecule has 8 nitrogen and oxygen atoms in total. The number of amides is 3. The lowest BCUT2D eigenvalue weighted by Gasteiger charge is -2.25. The molecule has 0 bridgehead atoms. The van der Waals surface area contributed by atoms with Gasteiger partial charge in [-0.25, -0.2) is 4.98 Å². The Bertz CT molecular complexity index is 999. The number of rotatable bonds is 7. The fourth-order valence-corrected chi connectivity index (χ4v) is 4.52. The predicted octanol–water partition coefficient (Wildman–Crippen LogP) is 2.60. The van der Waals surface area contributed by atoms with Gasteiger partial charge in [-0.1, -0.05) is 24.3 Å². The van der Waals surface area contributed by atoms with Gasteiger partial charge in [-0.2, -0.15) is 0 Å². The second-order valence-corrected chi connectivity index (χ2v) is 8.43. The predicted molar refractivity (Wildman–Crippen MR) is 118 cm³/mol. The largest absolute Gasteiger partial charge is 0.512 e. The van der Waals surface area contributed by atoms with E-state index in [1.807, 2.05) is 43.6 Å². The highest BCUT2D eigenvalue weighted by atomic mass is 32.1. The van der Waals surface area contributed by atoms with Crippen molar-refractivity contribution in [2.75, 3.05) is 6.54 Å². The molecule has 3 amide bonds. The van der Waals surface area contributed by atoms with E-state index in [0.717, 1.165) is 27.8 Å². The number of likely N-dealkylation sites (tertiary alicyclic amines) is 1. The first-order chi connectivity index (χ1) is 14.8. The Morgan fingerprint density at radius 2 is 2.06 bits per heavy atom. The summed E-state index contributed by atoms with van der Waals surface area (Å²) < 4.78 is 0. The number of thiazole rings is 1. The average Bonchev–Trinajstić information content (AvgIpc) is 3.36. The highest BCUT2D eigenvalue weighted by Crippen LogP contribution is 2.28. The van der Waals surface area contributed by atoms with Gasteiger partial charge in [-0.15, -0.1) is 11.3 Å². The molecule has 1 saturated heterocycles. The summed E-state index contributed by atoms with van der Waals surface area (Å²) in [6.45, 7) is 4.30. The van der Waals surface area contributed by atoms with Gasteiger partial charge in [0.25, 0.3) is 0 Å². The number of nitrogens with two attached hydrogens (primary N) is 1. The number of hydrogen-bond acceptors (Lipinski definition) is 6.